The van der Waals surface area contributed by atoms with Gasteiger partial charge < -0.3 is 4.74 Å². The third-order valence-electron chi connectivity index (χ3n) is 6.81. The molecule has 0 aromatic heterocycles. The van der Waals surface area contributed by atoms with Crippen molar-refractivity contribution in [1.29, 1.82) is 0 Å². The van der Waals surface area contributed by atoms with Gasteiger partial charge in [-0.15, -0.1) is 0 Å². The van der Waals surface area contributed by atoms with E-state index in [0.717, 1.165) is 69.1 Å². The van der Waals surface area contributed by atoms with Crippen molar-refractivity contribution in [2.75, 3.05) is 0 Å². The molecule has 2 unspecified atom stereocenters. The molecular weight excluding hydrogens is 392 g/mol. The maximum Gasteiger partial charge on any atom is 0.194 e. The minimum absolute atomic E-state index is 0.000765. The van der Waals surface area contributed by atoms with Crippen molar-refractivity contribution in [2.45, 2.75) is 76.4 Å². The molecule has 1 heterocycles. The highest BCUT2D eigenvalue weighted by Crippen LogP contribution is 2.42. The van der Waals surface area contributed by atoms with E-state index in [9.17, 15) is 17.6 Å². The summed E-state index contributed by atoms with van der Waals surface area (Å²) in [4.78, 5) is 0. The normalized spacial score (nSPS) is 26.8. The summed E-state index contributed by atoms with van der Waals surface area (Å²) in [5.41, 5.74) is 0.986. The Morgan fingerprint density at radius 1 is 0.833 bits per heavy atom. The largest absolute Gasteiger partial charge is 0.375 e. The number of hydrogen-bond donors (Lipinski definition) is 0. The van der Waals surface area contributed by atoms with Gasteiger partial charge in [0.25, 0.3) is 0 Å². The van der Waals surface area contributed by atoms with E-state index in [2.05, 4.69) is 6.92 Å². The molecule has 4 rings (SSSR count). The summed E-state index contributed by atoms with van der Waals surface area (Å²) in [6, 6.07) is 6.48. The summed E-state index contributed by atoms with van der Waals surface area (Å²) in [5, 5.41) is 0. The molecule has 162 valence electrons. The van der Waals surface area contributed by atoms with Crippen molar-refractivity contribution in [3.05, 3.63) is 59.2 Å². The Labute approximate surface area is 175 Å². The van der Waals surface area contributed by atoms with Crippen LogP contribution in [0, 0.1) is 29.2 Å². The van der Waals surface area contributed by atoms with Crippen LogP contribution in [0.15, 0.2) is 30.3 Å². The van der Waals surface area contributed by atoms with Crippen molar-refractivity contribution in [3.63, 3.8) is 0 Å². The molecule has 2 fully saturated rings. The molecule has 30 heavy (non-hydrogen) atoms. The molecular formula is C25H28F4O. The van der Waals surface area contributed by atoms with E-state index < -0.39 is 23.3 Å². The Hall–Kier alpha value is -1.88. The van der Waals surface area contributed by atoms with Crippen molar-refractivity contribution in [2.24, 2.45) is 5.92 Å². The van der Waals surface area contributed by atoms with Gasteiger partial charge in [-0.2, -0.15) is 0 Å². The quantitative estimate of drug-likeness (QED) is 0.359. The number of halogens is 4. The summed E-state index contributed by atoms with van der Waals surface area (Å²) in [6.45, 7) is 2.19. The Kier molecular flexibility index (Phi) is 6.47. The van der Waals surface area contributed by atoms with Crippen LogP contribution < -0.4 is 0 Å². The first-order valence-corrected chi connectivity index (χ1v) is 11.1. The van der Waals surface area contributed by atoms with E-state index in [1.165, 1.54) is 12.1 Å². The molecule has 5 heteroatoms. The molecule has 1 nitrogen and oxygen atoms in total. The Morgan fingerprint density at radius 2 is 1.53 bits per heavy atom. The summed E-state index contributed by atoms with van der Waals surface area (Å²) in [5.74, 6) is -3.86. The van der Waals surface area contributed by atoms with Crippen LogP contribution in [0.25, 0.3) is 11.1 Å². The van der Waals surface area contributed by atoms with E-state index in [1.54, 1.807) is 0 Å². The van der Waals surface area contributed by atoms with Gasteiger partial charge in [-0.1, -0.05) is 25.5 Å². The summed E-state index contributed by atoms with van der Waals surface area (Å²) >= 11 is 0. The van der Waals surface area contributed by atoms with Gasteiger partial charge in [-0.3, -0.25) is 0 Å². The topological polar surface area (TPSA) is 9.23 Å². The highest BCUT2D eigenvalue weighted by Gasteiger charge is 2.34. The first kappa shape index (κ1) is 21.4. The predicted molar refractivity (Wildman–Crippen MR) is 109 cm³/mol. The van der Waals surface area contributed by atoms with Crippen LogP contribution in [-0.4, -0.2) is 12.2 Å². The monoisotopic (exact) mass is 420 g/mol. The maximum absolute atomic E-state index is 14.7. The van der Waals surface area contributed by atoms with Gasteiger partial charge in [0.1, 0.15) is 5.82 Å². The second kappa shape index (κ2) is 9.09. The fourth-order valence-electron chi connectivity index (χ4n) is 5.17. The van der Waals surface area contributed by atoms with Gasteiger partial charge in [0.15, 0.2) is 17.5 Å². The van der Waals surface area contributed by atoms with Crippen molar-refractivity contribution in [3.8, 4) is 11.1 Å². The van der Waals surface area contributed by atoms with E-state index in [0.29, 0.717) is 18.1 Å². The van der Waals surface area contributed by atoms with Crippen LogP contribution >= 0.6 is 0 Å². The van der Waals surface area contributed by atoms with Gasteiger partial charge in [0.05, 0.1) is 12.2 Å². The van der Waals surface area contributed by atoms with Crippen molar-refractivity contribution < 1.29 is 22.3 Å². The Bertz CT molecular complexity index is 866. The molecule has 0 spiro atoms. The average Bonchev–Trinajstić information content (AvgIpc) is 3.21. The summed E-state index contributed by atoms with van der Waals surface area (Å²) < 4.78 is 61.2. The first-order chi connectivity index (χ1) is 14.5. The van der Waals surface area contributed by atoms with Gasteiger partial charge in [-0.25, -0.2) is 17.6 Å². The molecule has 0 amide bonds. The molecule has 1 aliphatic carbocycles. The molecule has 0 radical (unpaired) electrons. The second-order valence-electron chi connectivity index (χ2n) is 8.77. The zero-order valence-electron chi connectivity index (χ0n) is 17.3. The zero-order chi connectivity index (χ0) is 21.3. The highest BCUT2D eigenvalue weighted by atomic mass is 19.2. The van der Waals surface area contributed by atoms with Crippen molar-refractivity contribution >= 4 is 0 Å². The Morgan fingerprint density at radius 3 is 2.17 bits per heavy atom. The molecule has 2 aliphatic rings. The number of ether oxygens (including phenoxy) is 1. The molecule has 0 bridgehead atoms. The average molecular weight is 420 g/mol. The van der Waals surface area contributed by atoms with Crippen LogP contribution in [0.3, 0.4) is 0 Å². The first-order valence-electron chi connectivity index (χ1n) is 11.1. The second-order valence-corrected chi connectivity index (χ2v) is 8.77. The van der Waals surface area contributed by atoms with Gasteiger partial charge in [0.2, 0.25) is 0 Å². The predicted octanol–water partition coefficient (Wildman–Crippen LogP) is 7.53. The summed E-state index contributed by atoms with van der Waals surface area (Å²) in [6.07, 6.45) is 9.51. The maximum atomic E-state index is 14.7. The fourth-order valence-corrected chi connectivity index (χ4v) is 5.17. The molecule has 2 aromatic rings. The molecule has 2 atom stereocenters. The lowest BCUT2D eigenvalue weighted by molar-refractivity contribution is -0.00427. The van der Waals surface area contributed by atoms with E-state index in [-0.39, 0.29) is 17.0 Å². The molecule has 1 saturated carbocycles. The number of hydrogen-bond acceptors (Lipinski definition) is 1. The van der Waals surface area contributed by atoms with Gasteiger partial charge in [0, 0.05) is 5.56 Å². The van der Waals surface area contributed by atoms with Crippen LogP contribution in [0.1, 0.15) is 69.8 Å². The van der Waals surface area contributed by atoms with E-state index in [4.69, 9.17) is 4.74 Å². The fraction of sp³-hybridized carbons (Fsp3) is 0.520. The standard InChI is InChI=1S/C25H28F4O/c1-2-3-19-9-11-24(30-19)16-6-4-15(5-7-16)17-8-10-20(21(26)12-17)18-13-22(27)25(29)23(28)14-18/h8,10,12-16,19,24H,2-7,9,11H2,1H3. The lowest BCUT2D eigenvalue weighted by Gasteiger charge is -2.32. The van der Waals surface area contributed by atoms with Gasteiger partial charge >= 0.3 is 0 Å². The highest BCUT2D eigenvalue weighted by molar-refractivity contribution is 5.65. The Balaban J connectivity index is 1.41. The lowest BCUT2D eigenvalue weighted by Crippen LogP contribution is -2.25. The van der Waals surface area contributed by atoms with Crippen LogP contribution in [0.4, 0.5) is 17.6 Å². The van der Waals surface area contributed by atoms with Crippen molar-refractivity contribution in [1.82, 2.24) is 0 Å². The van der Waals surface area contributed by atoms with Crippen LogP contribution in [-0.2, 0) is 4.74 Å². The van der Waals surface area contributed by atoms with Crippen LogP contribution in [0.2, 0.25) is 0 Å². The smallest absolute Gasteiger partial charge is 0.194 e. The van der Waals surface area contributed by atoms with E-state index in [1.807, 2.05) is 6.07 Å². The molecule has 1 aliphatic heterocycles. The van der Waals surface area contributed by atoms with Crippen LogP contribution in [0.5, 0.6) is 0 Å². The number of benzene rings is 2. The minimum atomic E-state index is -1.54. The zero-order valence-corrected chi connectivity index (χ0v) is 17.3. The number of rotatable bonds is 5. The van der Waals surface area contributed by atoms with E-state index >= 15 is 0 Å². The summed E-state index contributed by atoms with van der Waals surface area (Å²) in [7, 11) is 0. The third-order valence-corrected chi connectivity index (χ3v) is 6.81. The molecule has 0 N–H and O–H groups in total. The third kappa shape index (κ3) is 4.41. The SMILES string of the molecule is CCCC1CCC(C2CCC(c3ccc(-c4cc(F)c(F)c(F)c4)c(F)c3)CC2)O1. The van der Waals surface area contributed by atoms with Gasteiger partial charge in [-0.05, 0) is 86.1 Å². The lowest BCUT2D eigenvalue weighted by atomic mass is 9.76. The molecule has 2 aromatic carbocycles. The minimum Gasteiger partial charge on any atom is -0.375 e. The molecule has 1 saturated heterocycles.